The van der Waals surface area contributed by atoms with Crippen LogP contribution in [0.25, 0.3) is 10.9 Å². The Morgan fingerprint density at radius 3 is 2.59 bits per heavy atom. The van der Waals surface area contributed by atoms with Crippen LogP contribution in [-0.4, -0.2) is 84.5 Å². The maximum atomic E-state index is 13.4. The minimum absolute atomic E-state index is 0.0104. The molecule has 3 aromatic rings. The molecule has 1 aliphatic heterocycles. The molecule has 2 N–H and O–H groups in total. The van der Waals surface area contributed by atoms with Crippen LogP contribution in [0.3, 0.4) is 0 Å². The first-order valence-corrected chi connectivity index (χ1v) is 13.4. The molecule has 1 amide bonds. The van der Waals surface area contributed by atoms with Crippen molar-refractivity contribution < 1.29 is 31.1 Å². The van der Waals surface area contributed by atoms with Crippen LogP contribution in [0.5, 0.6) is 0 Å². The minimum Gasteiger partial charge on any atom is -0.453 e. The Morgan fingerprint density at radius 1 is 1.19 bits per heavy atom. The second kappa shape index (κ2) is 10.7. The van der Waals surface area contributed by atoms with Crippen molar-refractivity contribution in [1.82, 2.24) is 24.2 Å². The van der Waals surface area contributed by atoms with Crippen molar-refractivity contribution in [2.24, 2.45) is 0 Å². The van der Waals surface area contributed by atoms with Gasteiger partial charge in [0.15, 0.2) is 9.34 Å². The summed E-state index contributed by atoms with van der Waals surface area (Å²) in [5.74, 6) is 0.298. The fourth-order valence-electron chi connectivity index (χ4n) is 3.95. The second-order valence-electron chi connectivity index (χ2n) is 8.27. The van der Waals surface area contributed by atoms with Crippen molar-refractivity contribution in [3.8, 4) is 0 Å². The number of halogens is 3. The zero-order valence-electron chi connectivity index (χ0n) is 19.8. The Bertz CT molecular complexity index is 1380. The molecule has 1 fully saturated rings. The number of nitrogens with zero attached hydrogens (tertiary/aromatic N) is 5. The maximum Gasteiger partial charge on any atom is 0.418 e. The Hall–Kier alpha value is -3.08. The van der Waals surface area contributed by atoms with E-state index in [0.717, 1.165) is 23.7 Å². The van der Waals surface area contributed by atoms with Crippen LogP contribution < -0.4 is 10.6 Å². The van der Waals surface area contributed by atoms with Gasteiger partial charge in [0.25, 0.3) is 10.0 Å². The molecule has 0 radical (unpaired) electrons. The number of amides is 1. The first-order valence-electron chi connectivity index (χ1n) is 11.1. The highest BCUT2D eigenvalue weighted by Crippen LogP contribution is 2.35. The molecule has 4 rings (SSSR count). The van der Waals surface area contributed by atoms with Gasteiger partial charge >= 0.3 is 12.3 Å². The quantitative estimate of drug-likeness (QED) is 0.449. The lowest BCUT2D eigenvalue weighted by atomic mass is 10.1. The molecule has 0 bridgehead atoms. The van der Waals surface area contributed by atoms with E-state index in [9.17, 15) is 26.4 Å². The summed E-state index contributed by atoms with van der Waals surface area (Å²) in [7, 11) is -2.59. The first kappa shape index (κ1) is 27.0. The molecular formula is C21H24F3N7O4S2. The van der Waals surface area contributed by atoms with Gasteiger partial charge in [-0.2, -0.15) is 17.5 Å². The van der Waals surface area contributed by atoms with Crippen LogP contribution in [0.4, 0.5) is 28.9 Å². The van der Waals surface area contributed by atoms with E-state index in [-0.39, 0.29) is 39.4 Å². The number of alkyl halides is 3. The second-order valence-corrected chi connectivity index (χ2v) is 11.5. The summed E-state index contributed by atoms with van der Waals surface area (Å²) in [6, 6.07) is 3.65. The van der Waals surface area contributed by atoms with Crippen LogP contribution in [0.15, 0.2) is 34.9 Å². The van der Waals surface area contributed by atoms with E-state index in [4.69, 9.17) is 0 Å². The monoisotopic (exact) mass is 559 g/mol. The van der Waals surface area contributed by atoms with Crippen LogP contribution in [0, 0.1) is 0 Å². The molecule has 0 aliphatic carbocycles. The van der Waals surface area contributed by atoms with Crippen LogP contribution in [0.1, 0.15) is 12.5 Å². The van der Waals surface area contributed by atoms with Gasteiger partial charge in [0, 0.05) is 44.2 Å². The van der Waals surface area contributed by atoms with E-state index in [2.05, 4.69) is 35.2 Å². The normalized spacial score (nSPS) is 16.5. The minimum atomic E-state index is -4.53. The molecular weight excluding hydrogens is 535 g/mol. The molecule has 1 saturated heterocycles. The third-order valence-electron chi connectivity index (χ3n) is 5.69. The van der Waals surface area contributed by atoms with Crippen LogP contribution in [0.2, 0.25) is 0 Å². The number of hydrogen-bond donors (Lipinski definition) is 2. The number of aromatic nitrogens is 3. The third kappa shape index (κ3) is 6.08. The molecule has 0 spiro atoms. The lowest BCUT2D eigenvalue weighted by molar-refractivity contribution is -0.136. The number of rotatable bonds is 7. The highest BCUT2D eigenvalue weighted by atomic mass is 32.2. The summed E-state index contributed by atoms with van der Waals surface area (Å²) in [4.78, 5) is 25.2. The average Bonchev–Trinajstić information content (AvgIpc) is 3.33. The van der Waals surface area contributed by atoms with E-state index < -0.39 is 27.9 Å². The predicted molar refractivity (Wildman–Crippen MR) is 131 cm³/mol. The van der Waals surface area contributed by atoms with Gasteiger partial charge in [-0.25, -0.2) is 28.2 Å². The van der Waals surface area contributed by atoms with Gasteiger partial charge < -0.3 is 10.1 Å². The SMILES string of the molecule is COC(=O)Nc1ncc(S(=O)(=O)N2CCN(C[C@H](C)Nc3ncnc4c(C(F)(F)F)cccc34)CC2)s1. The van der Waals surface area contributed by atoms with Crippen molar-refractivity contribution >= 4 is 49.3 Å². The fraction of sp³-hybridized carbons (Fsp3) is 0.429. The van der Waals surface area contributed by atoms with E-state index >= 15 is 0 Å². The summed E-state index contributed by atoms with van der Waals surface area (Å²) in [5.41, 5.74) is -0.999. The number of carbonyl (C=O) groups excluding carboxylic acids is 1. The summed E-state index contributed by atoms with van der Waals surface area (Å²) in [6.45, 7) is 3.81. The summed E-state index contributed by atoms with van der Waals surface area (Å²) in [6.07, 6.45) is -2.98. The Labute approximate surface area is 214 Å². The van der Waals surface area contributed by atoms with Crippen molar-refractivity contribution in [3.63, 3.8) is 0 Å². The predicted octanol–water partition coefficient (Wildman–Crippen LogP) is 3.09. The third-order valence-corrected chi connectivity index (χ3v) is 8.94. The summed E-state index contributed by atoms with van der Waals surface area (Å²) >= 11 is 0.834. The molecule has 16 heteroatoms. The van der Waals surface area contributed by atoms with Gasteiger partial charge in [0.2, 0.25) is 0 Å². The zero-order valence-corrected chi connectivity index (χ0v) is 21.5. The van der Waals surface area contributed by atoms with Crippen molar-refractivity contribution in [3.05, 3.63) is 36.3 Å². The summed E-state index contributed by atoms with van der Waals surface area (Å²) < 4.78 is 71.9. The van der Waals surface area contributed by atoms with Crippen molar-refractivity contribution in [1.29, 1.82) is 0 Å². The number of anilines is 2. The van der Waals surface area contributed by atoms with E-state index in [1.54, 1.807) is 0 Å². The molecule has 11 nitrogen and oxygen atoms in total. The van der Waals surface area contributed by atoms with Gasteiger partial charge in [-0.1, -0.05) is 17.4 Å². The standard InChI is InChI=1S/C21H24F3N7O4S2/c1-13(28-18-14-4-3-5-15(21(22,23)24)17(14)26-12-27-18)11-30-6-8-31(9-7-30)37(33,34)16-10-25-19(36-16)29-20(32)35-2/h3-5,10,12-13H,6-9,11H2,1-2H3,(H,25,29,32)(H,26,27,28)/t13-/m0/s1. The number of ether oxygens (including phenoxy) is 1. The molecule has 200 valence electrons. The van der Waals surface area contributed by atoms with Gasteiger partial charge in [-0.05, 0) is 19.1 Å². The van der Waals surface area contributed by atoms with Gasteiger partial charge in [0.05, 0.1) is 24.4 Å². The number of carbonyl (C=O) groups is 1. The molecule has 0 unspecified atom stereocenters. The van der Waals surface area contributed by atoms with Gasteiger partial charge in [0.1, 0.15) is 12.1 Å². The van der Waals surface area contributed by atoms with E-state index in [1.165, 1.54) is 29.7 Å². The molecule has 3 heterocycles. The van der Waals surface area contributed by atoms with E-state index in [0.29, 0.717) is 25.5 Å². The number of methoxy groups -OCH3 is 1. The molecule has 2 aromatic heterocycles. The van der Waals surface area contributed by atoms with E-state index in [1.807, 2.05) is 6.92 Å². The Morgan fingerprint density at radius 2 is 1.92 bits per heavy atom. The Kier molecular flexibility index (Phi) is 7.82. The molecule has 1 aliphatic rings. The number of para-hydroxylation sites is 1. The lowest BCUT2D eigenvalue weighted by Gasteiger charge is -2.35. The van der Waals surface area contributed by atoms with Crippen LogP contribution >= 0.6 is 11.3 Å². The smallest absolute Gasteiger partial charge is 0.418 e. The Balaban J connectivity index is 1.36. The average molecular weight is 560 g/mol. The molecule has 37 heavy (non-hydrogen) atoms. The lowest BCUT2D eigenvalue weighted by Crippen LogP contribution is -2.50. The summed E-state index contributed by atoms with van der Waals surface area (Å²) in [5, 5.41) is 5.88. The zero-order chi connectivity index (χ0) is 26.8. The topological polar surface area (TPSA) is 130 Å². The molecule has 0 saturated carbocycles. The highest BCUT2D eigenvalue weighted by Gasteiger charge is 2.34. The molecule has 1 aromatic carbocycles. The van der Waals surface area contributed by atoms with Gasteiger partial charge in [-0.15, -0.1) is 0 Å². The molecule has 1 atom stereocenters. The maximum absolute atomic E-state index is 13.4. The number of nitrogens with one attached hydrogen (secondary N) is 2. The van der Waals surface area contributed by atoms with Crippen molar-refractivity contribution in [2.45, 2.75) is 23.4 Å². The number of piperazine rings is 1. The first-order chi connectivity index (χ1) is 17.5. The van der Waals surface area contributed by atoms with Crippen LogP contribution in [-0.2, 0) is 20.9 Å². The number of hydrogen-bond acceptors (Lipinski definition) is 10. The number of thiazole rings is 1. The largest absolute Gasteiger partial charge is 0.453 e. The highest BCUT2D eigenvalue weighted by molar-refractivity contribution is 7.91. The number of fused-ring (bicyclic) bond motifs is 1. The number of sulfonamides is 1. The van der Waals surface area contributed by atoms with Gasteiger partial charge in [-0.3, -0.25) is 10.2 Å². The fourth-order valence-corrected chi connectivity index (χ4v) is 6.55. The van der Waals surface area contributed by atoms with Crippen molar-refractivity contribution in [2.75, 3.05) is 50.5 Å². The number of benzene rings is 1.